The number of pyridine rings is 2. The predicted octanol–water partition coefficient (Wildman–Crippen LogP) is 5.96. The van der Waals surface area contributed by atoms with Crippen LogP contribution in [0.15, 0.2) is 88.5 Å². The topological polar surface area (TPSA) is 173 Å². The quantitative estimate of drug-likeness (QED) is 0.202. The van der Waals surface area contributed by atoms with Crippen molar-refractivity contribution < 1.29 is 32.6 Å². The fourth-order valence-electron chi connectivity index (χ4n) is 4.75. The van der Waals surface area contributed by atoms with Crippen molar-refractivity contribution in [1.82, 2.24) is 29.4 Å². The van der Waals surface area contributed by atoms with Crippen LogP contribution in [-0.4, -0.2) is 72.5 Å². The number of carbonyl (C=O) groups excluding carboxylic acids is 2. The molecule has 0 saturated heterocycles. The van der Waals surface area contributed by atoms with E-state index in [0.717, 1.165) is 9.87 Å². The molecule has 1 N–H and O–H groups in total. The molecule has 4 aromatic rings. The molecule has 15 heteroatoms. The van der Waals surface area contributed by atoms with Gasteiger partial charge in [-0.3, -0.25) is 9.78 Å². The van der Waals surface area contributed by atoms with E-state index in [0.29, 0.717) is 20.8 Å². The molecule has 1 aromatic carbocycles. The van der Waals surface area contributed by atoms with E-state index < -0.39 is 45.1 Å². The lowest BCUT2D eigenvalue weighted by Gasteiger charge is -2.36. The highest BCUT2D eigenvalue weighted by Gasteiger charge is 2.45. The molecular formula is C34H37BrN6O7S. The Morgan fingerprint density at radius 2 is 1.59 bits per heavy atom. The molecule has 1 atom stereocenters. The lowest BCUT2D eigenvalue weighted by Crippen LogP contribution is -2.56. The third-order valence-corrected chi connectivity index (χ3v) is 9.48. The molecule has 0 bridgehead atoms. The molecule has 49 heavy (non-hydrogen) atoms. The van der Waals surface area contributed by atoms with Gasteiger partial charge < -0.3 is 9.84 Å². The molecule has 0 saturated carbocycles. The molecule has 1 unspecified atom stereocenters. The van der Waals surface area contributed by atoms with Crippen LogP contribution in [0.3, 0.4) is 0 Å². The number of carboxylic acid groups (broad SMARTS) is 1. The summed E-state index contributed by atoms with van der Waals surface area (Å²) in [5, 5.41) is 18.7. The lowest BCUT2D eigenvalue weighted by molar-refractivity contribution is -0.146. The van der Waals surface area contributed by atoms with Crippen LogP contribution in [0.25, 0.3) is 11.3 Å². The monoisotopic (exact) mass is 752 g/mol. The molecule has 0 spiro atoms. The smallest absolute Gasteiger partial charge is 0.418 e. The summed E-state index contributed by atoms with van der Waals surface area (Å²) in [5.74, 6) is -2.45. The zero-order chi connectivity index (χ0) is 36.1. The fraction of sp³-hybridized carbons (Fsp3) is 0.324. The van der Waals surface area contributed by atoms with E-state index in [1.165, 1.54) is 36.7 Å². The number of aliphatic carboxylic acids is 1. The van der Waals surface area contributed by atoms with E-state index in [2.05, 4.69) is 36.1 Å². The van der Waals surface area contributed by atoms with Gasteiger partial charge in [-0.15, -0.1) is 0 Å². The Balaban J connectivity index is 1.75. The summed E-state index contributed by atoms with van der Waals surface area (Å²) in [5.41, 5.74) is -0.551. The summed E-state index contributed by atoms with van der Waals surface area (Å²) in [7, 11) is -4.21. The van der Waals surface area contributed by atoms with Gasteiger partial charge in [-0.1, -0.05) is 51.1 Å². The minimum Gasteiger partial charge on any atom is -0.480 e. The highest BCUT2D eigenvalue weighted by molar-refractivity contribution is 9.10. The van der Waals surface area contributed by atoms with Crippen molar-refractivity contribution in [3.05, 3.63) is 101 Å². The first kappa shape index (κ1) is 37.2. The molecule has 0 aliphatic heterocycles. The van der Waals surface area contributed by atoms with Crippen molar-refractivity contribution in [2.75, 3.05) is 0 Å². The van der Waals surface area contributed by atoms with Gasteiger partial charge in [-0.25, -0.2) is 27.9 Å². The average molecular weight is 754 g/mol. The first-order valence-corrected chi connectivity index (χ1v) is 17.3. The molecule has 13 nitrogen and oxygen atoms in total. The Labute approximate surface area is 293 Å². The number of hydrogen-bond donors (Lipinski definition) is 1. The number of amides is 2. The van der Waals surface area contributed by atoms with Gasteiger partial charge in [0.15, 0.2) is 0 Å². The van der Waals surface area contributed by atoms with Crippen molar-refractivity contribution in [2.24, 2.45) is 5.41 Å². The summed E-state index contributed by atoms with van der Waals surface area (Å²) in [6.07, 6.45) is 1.50. The number of rotatable bonds is 10. The number of sulfonamides is 1. The number of halogens is 1. The SMILES string of the molecule is CC(C)(C)OC(=O)N(C(=O)c1ccc(Br)c(CN(Cc2ccc(-c3ccccc3)nn2)S(=O)(=O)c2cccnc2)n1)C(C(=O)O)C(C)(C)C. The third kappa shape index (κ3) is 9.31. The molecule has 258 valence electrons. The summed E-state index contributed by atoms with van der Waals surface area (Å²) >= 11 is 3.41. The molecule has 0 fully saturated rings. The second-order valence-corrected chi connectivity index (χ2v) is 15.9. The van der Waals surface area contributed by atoms with Crippen LogP contribution in [0, 0.1) is 5.41 Å². The largest absolute Gasteiger partial charge is 0.480 e. The minimum atomic E-state index is -4.21. The Morgan fingerprint density at radius 3 is 2.14 bits per heavy atom. The highest BCUT2D eigenvalue weighted by Crippen LogP contribution is 2.29. The molecule has 3 aromatic heterocycles. The van der Waals surface area contributed by atoms with E-state index in [4.69, 9.17) is 4.74 Å². The number of carboxylic acids is 1. The average Bonchev–Trinajstić information content (AvgIpc) is 3.03. The van der Waals surface area contributed by atoms with E-state index in [1.54, 1.807) is 53.7 Å². The van der Waals surface area contributed by atoms with Gasteiger partial charge in [0.25, 0.3) is 5.91 Å². The maximum absolute atomic E-state index is 14.0. The van der Waals surface area contributed by atoms with Crippen LogP contribution in [0.4, 0.5) is 4.79 Å². The molecule has 3 heterocycles. The lowest BCUT2D eigenvalue weighted by atomic mass is 9.85. The maximum atomic E-state index is 14.0. The van der Waals surface area contributed by atoms with E-state index in [9.17, 15) is 27.9 Å². The normalized spacial score (nSPS) is 12.7. The number of aromatic nitrogens is 4. The fourth-order valence-corrected chi connectivity index (χ4v) is 6.44. The van der Waals surface area contributed by atoms with Crippen LogP contribution in [0.5, 0.6) is 0 Å². The Kier molecular flexibility index (Phi) is 11.3. The Bertz CT molecular complexity index is 1910. The maximum Gasteiger partial charge on any atom is 0.418 e. The molecular weight excluding hydrogens is 716 g/mol. The number of nitrogens with zero attached hydrogens (tertiary/aromatic N) is 6. The van der Waals surface area contributed by atoms with Gasteiger partial charge in [0.05, 0.1) is 30.2 Å². The second-order valence-electron chi connectivity index (χ2n) is 13.1. The summed E-state index contributed by atoms with van der Waals surface area (Å²) in [6, 6.07) is 16.8. The first-order valence-electron chi connectivity index (χ1n) is 15.1. The predicted molar refractivity (Wildman–Crippen MR) is 183 cm³/mol. The molecule has 0 aliphatic rings. The van der Waals surface area contributed by atoms with Gasteiger partial charge in [0.2, 0.25) is 10.0 Å². The van der Waals surface area contributed by atoms with Gasteiger partial charge in [0.1, 0.15) is 22.2 Å². The number of carbonyl (C=O) groups is 3. The van der Waals surface area contributed by atoms with Crippen molar-refractivity contribution in [2.45, 2.75) is 71.2 Å². The first-order chi connectivity index (χ1) is 22.9. The summed E-state index contributed by atoms with van der Waals surface area (Å²) < 4.78 is 34.8. The molecule has 0 radical (unpaired) electrons. The minimum absolute atomic E-state index is 0.0854. The highest BCUT2D eigenvalue weighted by atomic mass is 79.9. The van der Waals surface area contributed by atoms with Gasteiger partial charge in [-0.05, 0) is 78.5 Å². The van der Waals surface area contributed by atoms with Crippen molar-refractivity contribution in [1.29, 1.82) is 0 Å². The number of ether oxygens (including phenoxy) is 1. The number of imide groups is 1. The van der Waals surface area contributed by atoms with Crippen molar-refractivity contribution >= 4 is 43.9 Å². The molecule has 2 amide bonds. The Morgan fingerprint density at radius 1 is 0.898 bits per heavy atom. The van der Waals surface area contributed by atoms with E-state index >= 15 is 0 Å². The van der Waals surface area contributed by atoms with Crippen molar-refractivity contribution in [3.63, 3.8) is 0 Å². The van der Waals surface area contributed by atoms with Crippen LogP contribution < -0.4 is 0 Å². The molecule has 0 aliphatic carbocycles. The van der Waals surface area contributed by atoms with Gasteiger partial charge >= 0.3 is 12.1 Å². The van der Waals surface area contributed by atoms with E-state index in [-0.39, 0.29) is 29.4 Å². The van der Waals surface area contributed by atoms with Gasteiger partial charge in [-0.2, -0.15) is 14.5 Å². The molecule has 4 rings (SSSR count). The van der Waals surface area contributed by atoms with E-state index in [1.807, 2.05) is 30.3 Å². The zero-order valence-electron chi connectivity index (χ0n) is 27.9. The van der Waals surface area contributed by atoms with Gasteiger partial charge in [0, 0.05) is 22.4 Å². The van der Waals surface area contributed by atoms with Crippen LogP contribution in [-0.2, 0) is 32.6 Å². The van der Waals surface area contributed by atoms with Crippen LogP contribution in [0.2, 0.25) is 0 Å². The Hall–Kier alpha value is -4.60. The van der Waals surface area contributed by atoms with Crippen LogP contribution in [0.1, 0.15) is 63.4 Å². The number of hydrogen-bond acceptors (Lipinski definition) is 10. The van der Waals surface area contributed by atoms with Crippen LogP contribution >= 0.6 is 15.9 Å². The third-order valence-electron chi connectivity index (χ3n) is 6.99. The summed E-state index contributed by atoms with van der Waals surface area (Å²) in [4.78, 5) is 48.7. The number of benzene rings is 1. The van der Waals surface area contributed by atoms with Crippen molar-refractivity contribution in [3.8, 4) is 11.3 Å². The summed E-state index contributed by atoms with van der Waals surface area (Å²) in [6.45, 7) is 8.93. The standard InChI is InChI=1S/C34H37BrN6O7S/c1-33(2,3)29(31(43)44)41(32(45)48-34(4,5)6)30(42)27-17-15-25(35)28(37-27)21-40(49(46,47)24-13-10-18-36-19-24)20-23-14-16-26(39-38-23)22-11-8-7-9-12-22/h7-19,29H,20-21H2,1-6H3,(H,43,44). The zero-order valence-corrected chi connectivity index (χ0v) is 30.3. The second kappa shape index (κ2) is 14.9.